The lowest BCUT2D eigenvalue weighted by Gasteiger charge is -2.44. The van der Waals surface area contributed by atoms with Crippen LogP contribution < -0.4 is 15.4 Å². The van der Waals surface area contributed by atoms with Crippen molar-refractivity contribution in [3.05, 3.63) is 54.1 Å². The van der Waals surface area contributed by atoms with Crippen LogP contribution in [0.15, 0.2) is 48.5 Å². The molecular weight excluding hydrogens is 322 g/mol. The molecule has 1 saturated heterocycles. The SMILES string of the molecule is CC12CN(C(N)=O)C(=O)N1c1cc(O)ccc1OC2c1ccccc1. The molecule has 0 aromatic heterocycles. The van der Waals surface area contributed by atoms with E-state index in [1.165, 1.54) is 17.0 Å². The highest BCUT2D eigenvalue weighted by molar-refractivity contribution is 6.06. The van der Waals surface area contributed by atoms with Gasteiger partial charge in [0, 0.05) is 6.07 Å². The van der Waals surface area contributed by atoms with E-state index in [0.29, 0.717) is 11.4 Å². The van der Waals surface area contributed by atoms with Crippen molar-refractivity contribution in [3.63, 3.8) is 0 Å². The molecule has 0 radical (unpaired) electrons. The van der Waals surface area contributed by atoms with E-state index in [1.54, 1.807) is 6.07 Å². The summed E-state index contributed by atoms with van der Waals surface area (Å²) in [5, 5.41) is 9.84. The summed E-state index contributed by atoms with van der Waals surface area (Å²) >= 11 is 0. The summed E-state index contributed by atoms with van der Waals surface area (Å²) in [5.41, 5.74) is 5.83. The van der Waals surface area contributed by atoms with Crippen LogP contribution in [0.5, 0.6) is 11.5 Å². The number of hydrogen-bond donors (Lipinski definition) is 2. The number of nitrogens with zero attached hydrogens (tertiary/aromatic N) is 2. The molecule has 3 N–H and O–H groups in total. The monoisotopic (exact) mass is 339 g/mol. The second-order valence-electron chi connectivity index (χ2n) is 6.46. The van der Waals surface area contributed by atoms with E-state index in [1.807, 2.05) is 37.3 Å². The molecule has 0 bridgehead atoms. The lowest BCUT2D eigenvalue weighted by Crippen LogP contribution is -2.54. The Kier molecular flexibility index (Phi) is 3.15. The van der Waals surface area contributed by atoms with E-state index >= 15 is 0 Å². The molecule has 2 aliphatic heterocycles. The minimum atomic E-state index is -0.853. The minimum Gasteiger partial charge on any atom is -0.508 e. The molecule has 2 heterocycles. The fourth-order valence-electron chi connectivity index (χ4n) is 3.64. The van der Waals surface area contributed by atoms with Crippen molar-refractivity contribution in [1.29, 1.82) is 0 Å². The quantitative estimate of drug-likeness (QED) is 0.835. The van der Waals surface area contributed by atoms with Gasteiger partial charge in [-0.3, -0.25) is 4.90 Å². The Balaban J connectivity index is 1.92. The average Bonchev–Trinajstić information content (AvgIpc) is 2.87. The Hall–Kier alpha value is -3.22. The second kappa shape index (κ2) is 5.14. The van der Waals surface area contributed by atoms with Crippen LogP contribution in [0.3, 0.4) is 0 Å². The number of nitrogens with two attached hydrogens (primary N) is 1. The molecule has 4 rings (SSSR count). The predicted octanol–water partition coefficient (Wildman–Crippen LogP) is 2.61. The van der Waals surface area contributed by atoms with Crippen LogP contribution in [-0.2, 0) is 0 Å². The van der Waals surface area contributed by atoms with Crippen molar-refractivity contribution in [3.8, 4) is 11.5 Å². The van der Waals surface area contributed by atoms with Gasteiger partial charge < -0.3 is 15.6 Å². The van der Waals surface area contributed by atoms with Crippen LogP contribution in [-0.4, -0.2) is 34.2 Å². The molecule has 2 aliphatic rings. The number of primary amides is 1. The van der Waals surface area contributed by atoms with Gasteiger partial charge in [0.05, 0.1) is 12.2 Å². The fraction of sp³-hybridized carbons (Fsp3) is 0.222. The molecule has 128 valence electrons. The van der Waals surface area contributed by atoms with Crippen molar-refractivity contribution < 1.29 is 19.4 Å². The lowest BCUT2D eigenvalue weighted by atomic mass is 9.86. The number of imide groups is 1. The molecule has 0 spiro atoms. The molecule has 1 fully saturated rings. The van der Waals surface area contributed by atoms with E-state index < -0.39 is 23.7 Å². The third-order valence-corrected chi connectivity index (χ3v) is 4.77. The second-order valence-corrected chi connectivity index (χ2v) is 6.46. The van der Waals surface area contributed by atoms with Gasteiger partial charge in [-0.15, -0.1) is 0 Å². The van der Waals surface area contributed by atoms with Crippen molar-refractivity contribution >= 4 is 17.7 Å². The number of amides is 4. The summed E-state index contributed by atoms with van der Waals surface area (Å²) in [5.74, 6) is 0.469. The smallest absolute Gasteiger partial charge is 0.333 e. The molecule has 4 amide bonds. The first-order valence-corrected chi connectivity index (χ1v) is 7.87. The van der Waals surface area contributed by atoms with E-state index in [0.717, 1.165) is 10.5 Å². The Morgan fingerprint density at radius 2 is 2.00 bits per heavy atom. The highest BCUT2D eigenvalue weighted by Gasteiger charge is 2.58. The summed E-state index contributed by atoms with van der Waals surface area (Å²) in [6, 6.07) is 12.7. The first-order valence-electron chi connectivity index (χ1n) is 7.87. The van der Waals surface area contributed by atoms with E-state index in [-0.39, 0.29) is 12.3 Å². The Labute approximate surface area is 144 Å². The number of fused-ring (bicyclic) bond motifs is 3. The summed E-state index contributed by atoms with van der Waals surface area (Å²) in [6.07, 6.45) is -0.487. The van der Waals surface area contributed by atoms with Crippen LogP contribution in [0, 0.1) is 0 Å². The van der Waals surface area contributed by atoms with E-state index in [9.17, 15) is 14.7 Å². The van der Waals surface area contributed by atoms with Gasteiger partial charge in [0.2, 0.25) is 0 Å². The number of phenols is 1. The number of carbonyl (C=O) groups excluding carboxylic acids is 2. The average molecular weight is 339 g/mol. The Morgan fingerprint density at radius 1 is 1.28 bits per heavy atom. The van der Waals surface area contributed by atoms with Gasteiger partial charge in [0.25, 0.3) is 0 Å². The van der Waals surface area contributed by atoms with E-state index in [2.05, 4.69) is 0 Å². The van der Waals surface area contributed by atoms with Crippen LogP contribution in [0.1, 0.15) is 18.6 Å². The molecule has 2 aromatic carbocycles. The van der Waals surface area contributed by atoms with Crippen molar-refractivity contribution in [2.75, 3.05) is 11.4 Å². The zero-order valence-electron chi connectivity index (χ0n) is 13.5. The Morgan fingerprint density at radius 3 is 2.68 bits per heavy atom. The number of ether oxygens (including phenoxy) is 1. The van der Waals surface area contributed by atoms with Crippen LogP contribution >= 0.6 is 0 Å². The van der Waals surface area contributed by atoms with Gasteiger partial charge in [-0.25, -0.2) is 14.5 Å². The molecule has 0 saturated carbocycles. The highest BCUT2D eigenvalue weighted by Crippen LogP contribution is 2.51. The third-order valence-electron chi connectivity index (χ3n) is 4.77. The maximum absolute atomic E-state index is 12.9. The van der Waals surface area contributed by atoms with Crippen LogP contribution in [0.2, 0.25) is 0 Å². The summed E-state index contributed by atoms with van der Waals surface area (Å²) < 4.78 is 6.18. The lowest BCUT2D eigenvalue weighted by molar-refractivity contribution is 0.108. The number of rotatable bonds is 1. The molecule has 25 heavy (non-hydrogen) atoms. The summed E-state index contributed by atoms with van der Waals surface area (Å²) in [4.78, 5) is 27.1. The predicted molar refractivity (Wildman–Crippen MR) is 90.5 cm³/mol. The molecule has 2 atom stereocenters. The van der Waals surface area contributed by atoms with Crippen molar-refractivity contribution in [2.24, 2.45) is 5.73 Å². The van der Waals surface area contributed by atoms with Gasteiger partial charge >= 0.3 is 12.1 Å². The number of hydrogen-bond acceptors (Lipinski definition) is 4. The zero-order chi connectivity index (χ0) is 17.8. The van der Waals surface area contributed by atoms with Crippen LogP contribution in [0.4, 0.5) is 15.3 Å². The maximum atomic E-state index is 12.9. The van der Waals surface area contributed by atoms with Gasteiger partial charge in [0.15, 0.2) is 0 Å². The Bertz CT molecular complexity index is 870. The third kappa shape index (κ3) is 2.12. The maximum Gasteiger partial charge on any atom is 0.333 e. The number of urea groups is 2. The van der Waals surface area contributed by atoms with Crippen LogP contribution in [0.25, 0.3) is 0 Å². The zero-order valence-corrected chi connectivity index (χ0v) is 13.5. The van der Waals surface area contributed by atoms with Gasteiger partial charge in [-0.05, 0) is 24.6 Å². The standard InChI is InChI=1S/C18H17N3O4/c1-18-10-20(16(19)23)17(24)21(18)13-9-12(22)7-8-14(13)25-15(18)11-5-3-2-4-6-11/h2-9,15,22H,10H2,1H3,(H2,19,23). The van der Waals surface area contributed by atoms with E-state index in [4.69, 9.17) is 10.5 Å². The first kappa shape index (κ1) is 15.3. The number of aromatic hydroxyl groups is 1. The number of carbonyl (C=O) groups is 2. The summed E-state index contributed by atoms with van der Waals surface area (Å²) in [6.45, 7) is 1.94. The largest absolute Gasteiger partial charge is 0.508 e. The fourth-order valence-corrected chi connectivity index (χ4v) is 3.64. The van der Waals surface area contributed by atoms with Gasteiger partial charge in [-0.2, -0.15) is 0 Å². The number of phenolic OH excluding ortho intramolecular Hbond substituents is 1. The molecular formula is C18H17N3O4. The number of anilines is 1. The molecule has 7 heteroatoms. The molecule has 2 aromatic rings. The normalized spacial score (nSPS) is 24.5. The van der Waals surface area contributed by atoms with Gasteiger partial charge in [-0.1, -0.05) is 30.3 Å². The minimum absolute atomic E-state index is 0.00758. The van der Waals surface area contributed by atoms with Crippen molar-refractivity contribution in [1.82, 2.24) is 4.90 Å². The molecule has 7 nitrogen and oxygen atoms in total. The highest BCUT2D eigenvalue weighted by atomic mass is 16.5. The van der Waals surface area contributed by atoms with Crippen molar-refractivity contribution in [2.45, 2.75) is 18.6 Å². The number of benzene rings is 2. The van der Waals surface area contributed by atoms with Gasteiger partial charge in [0.1, 0.15) is 23.1 Å². The summed E-state index contributed by atoms with van der Waals surface area (Å²) in [7, 11) is 0. The molecule has 0 aliphatic carbocycles. The first-order chi connectivity index (χ1) is 11.9. The topological polar surface area (TPSA) is 96.1 Å². The molecule has 2 unspecified atom stereocenters.